The summed E-state index contributed by atoms with van der Waals surface area (Å²) in [7, 11) is 4.82. The Labute approximate surface area is 180 Å². The van der Waals surface area contributed by atoms with Crippen molar-refractivity contribution in [1.29, 1.82) is 0 Å². The molecular formula is C22H25N3O4S. The van der Waals surface area contributed by atoms with Crippen LogP contribution in [-0.2, 0) is 6.54 Å². The Bertz CT molecular complexity index is 988. The van der Waals surface area contributed by atoms with Gasteiger partial charge in [0.25, 0.3) is 5.91 Å². The lowest BCUT2D eigenvalue weighted by Crippen LogP contribution is -2.30. The Hall–Kier alpha value is -3.26. The SMILES string of the molecule is CCN(Cc1cccc(OC)c1OC)C(=O)c1csc(Nc2ccc(OC)cc2)n1. The van der Waals surface area contributed by atoms with E-state index in [1.165, 1.54) is 11.3 Å². The molecule has 1 N–H and O–H groups in total. The molecule has 1 aromatic heterocycles. The van der Waals surface area contributed by atoms with E-state index in [1.807, 2.05) is 49.4 Å². The third kappa shape index (κ3) is 4.83. The first-order valence-corrected chi connectivity index (χ1v) is 10.3. The number of amides is 1. The number of anilines is 2. The number of nitrogens with zero attached hydrogens (tertiary/aromatic N) is 2. The van der Waals surface area contributed by atoms with Crippen LogP contribution in [0.3, 0.4) is 0 Å². The molecule has 7 nitrogen and oxygen atoms in total. The average molecular weight is 428 g/mol. The lowest BCUT2D eigenvalue weighted by molar-refractivity contribution is 0.0746. The maximum absolute atomic E-state index is 13.0. The number of methoxy groups -OCH3 is 3. The first kappa shape index (κ1) is 21.4. The molecule has 0 radical (unpaired) electrons. The number of nitrogens with one attached hydrogen (secondary N) is 1. The van der Waals surface area contributed by atoms with Crippen molar-refractivity contribution < 1.29 is 19.0 Å². The van der Waals surface area contributed by atoms with Crippen molar-refractivity contribution in [3.05, 3.63) is 59.1 Å². The van der Waals surface area contributed by atoms with Crippen molar-refractivity contribution in [3.63, 3.8) is 0 Å². The molecule has 158 valence electrons. The monoisotopic (exact) mass is 427 g/mol. The zero-order chi connectivity index (χ0) is 21.5. The minimum absolute atomic E-state index is 0.138. The van der Waals surface area contributed by atoms with Crippen molar-refractivity contribution in [3.8, 4) is 17.2 Å². The normalized spacial score (nSPS) is 10.4. The van der Waals surface area contributed by atoms with E-state index < -0.39 is 0 Å². The van der Waals surface area contributed by atoms with E-state index in [0.29, 0.717) is 35.4 Å². The second-order valence-electron chi connectivity index (χ2n) is 6.36. The predicted molar refractivity (Wildman–Crippen MR) is 118 cm³/mol. The van der Waals surface area contributed by atoms with Crippen molar-refractivity contribution in [2.24, 2.45) is 0 Å². The first-order chi connectivity index (χ1) is 14.6. The summed E-state index contributed by atoms with van der Waals surface area (Å²) in [5.41, 5.74) is 2.15. The zero-order valence-electron chi connectivity index (χ0n) is 17.5. The summed E-state index contributed by atoms with van der Waals surface area (Å²) in [6.45, 7) is 2.87. The third-order valence-corrected chi connectivity index (χ3v) is 5.34. The molecule has 0 unspecified atom stereocenters. The molecule has 30 heavy (non-hydrogen) atoms. The molecule has 1 amide bonds. The van der Waals surface area contributed by atoms with E-state index in [2.05, 4.69) is 10.3 Å². The van der Waals surface area contributed by atoms with Crippen molar-refractivity contribution in [2.75, 3.05) is 33.2 Å². The first-order valence-electron chi connectivity index (χ1n) is 9.45. The average Bonchev–Trinajstić information content (AvgIpc) is 3.25. The summed E-state index contributed by atoms with van der Waals surface area (Å²) in [6.07, 6.45) is 0. The van der Waals surface area contributed by atoms with Gasteiger partial charge in [0.15, 0.2) is 16.6 Å². The number of aromatic nitrogens is 1. The molecule has 0 aliphatic carbocycles. The van der Waals surface area contributed by atoms with Crippen LogP contribution in [0.5, 0.6) is 17.2 Å². The maximum Gasteiger partial charge on any atom is 0.273 e. The van der Waals surface area contributed by atoms with E-state index in [4.69, 9.17) is 14.2 Å². The van der Waals surface area contributed by atoms with Gasteiger partial charge in [0.05, 0.1) is 21.3 Å². The van der Waals surface area contributed by atoms with Gasteiger partial charge in [-0.1, -0.05) is 12.1 Å². The summed E-state index contributed by atoms with van der Waals surface area (Å²) in [5.74, 6) is 1.91. The Morgan fingerprint density at radius 2 is 1.83 bits per heavy atom. The van der Waals surface area contributed by atoms with Crippen molar-refractivity contribution in [1.82, 2.24) is 9.88 Å². The minimum Gasteiger partial charge on any atom is -0.497 e. The summed E-state index contributed by atoms with van der Waals surface area (Å²) in [5, 5.41) is 5.63. The van der Waals surface area contributed by atoms with Gasteiger partial charge >= 0.3 is 0 Å². The molecule has 0 aliphatic rings. The van der Waals surface area contributed by atoms with Crippen molar-refractivity contribution in [2.45, 2.75) is 13.5 Å². The number of carbonyl (C=O) groups excluding carboxylic acids is 1. The number of ether oxygens (including phenoxy) is 3. The largest absolute Gasteiger partial charge is 0.497 e. The lowest BCUT2D eigenvalue weighted by atomic mass is 10.1. The Morgan fingerprint density at radius 3 is 2.47 bits per heavy atom. The summed E-state index contributed by atoms with van der Waals surface area (Å²) in [4.78, 5) is 19.2. The molecule has 0 saturated heterocycles. The fourth-order valence-corrected chi connectivity index (χ4v) is 3.70. The summed E-state index contributed by atoms with van der Waals surface area (Å²) in [6, 6.07) is 13.2. The molecule has 8 heteroatoms. The second-order valence-corrected chi connectivity index (χ2v) is 7.22. The highest BCUT2D eigenvalue weighted by molar-refractivity contribution is 7.14. The second kappa shape index (κ2) is 9.98. The van der Waals surface area contributed by atoms with Gasteiger partial charge in [-0.2, -0.15) is 0 Å². The Balaban J connectivity index is 1.73. The molecule has 0 bridgehead atoms. The molecule has 1 heterocycles. The number of thiazole rings is 1. The van der Waals surface area contributed by atoms with Crippen LogP contribution in [0, 0.1) is 0 Å². The molecule has 0 atom stereocenters. The third-order valence-electron chi connectivity index (χ3n) is 4.58. The highest BCUT2D eigenvalue weighted by atomic mass is 32.1. The fraction of sp³-hybridized carbons (Fsp3) is 0.273. The van der Waals surface area contributed by atoms with E-state index in [1.54, 1.807) is 31.6 Å². The van der Waals surface area contributed by atoms with Gasteiger partial charge in [0, 0.05) is 29.7 Å². The molecular weight excluding hydrogens is 402 g/mol. The number of hydrogen-bond donors (Lipinski definition) is 1. The van der Waals surface area contributed by atoms with Crippen LogP contribution in [0.1, 0.15) is 23.0 Å². The van der Waals surface area contributed by atoms with Crippen LogP contribution in [0.4, 0.5) is 10.8 Å². The van der Waals surface area contributed by atoms with Gasteiger partial charge in [-0.25, -0.2) is 4.98 Å². The number of hydrogen-bond acceptors (Lipinski definition) is 7. The van der Waals surface area contributed by atoms with Crippen LogP contribution in [0.2, 0.25) is 0 Å². The molecule has 0 spiro atoms. The van der Waals surface area contributed by atoms with E-state index in [0.717, 1.165) is 17.0 Å². The van der Waals surface area contributed by atoms with Gasteiger partial charge in [-0.3, -0.25) is 4.79 Å². The molecule has 0 saturated carbocycles. The molecule has 0 aliphatic heterocycles. The molecule has 2 aromatic carbocycles. The van der Waals surface area contributed by atoms with Crippen LogP contribution >= 0.6 is 11.3 Å². The topological polar surface area (TPSA) is 72.9 Å². The lowest BCUT2D eigenvalue weighted by Gasteiger charge is -2.22. The van der Waals surface area contributed by atoms with Crippen molar-refractivity contribution >= 4 is 28.1 Å². The number of benzene rings is 2. The van der Waals surface area contributed by atoms with E-state index in [9.17, 15) is 4.79 Å². The quantitative estimate of drug-likeness (QED) is 0.539. The van der Waals surface area contributed by atoms with Gasteiger partial charge in [-0.05, 0) is 37.3 Å². The molecule has 3 aromatic rings. The molecule has 0 fully saturated rings. The van der Waals surface area contributed by atoms with Gasteiger partial charge < -0.3 is 24.4 Å². The highest BCUT2D eigenvalue weighted by Gasteiger charge is 2.20. The van der Waals surface area contributed by atoms with Crippen LogP contribution in [0.15, 0.2) is 47.8 Å². The summed E-state index contributed by atoms with van der Waals surface area (Å²) >= 11 is 1.38. The predicted octanol–water partition coefficient (Wildman–Crippen LogP) is 4.57. The van der Waals surface area contributed by atoms with Crippen LogP contribution < -0.4 is 19.5 Å². The van der Waals surface area contributed by atoms with Gasteiger partial charge in [-0.15, -0.1) is 11.3 Å². The Kier molecular flexibility index (Phi) is 7.13. The fourth-order valence-electron chi connectivity index (χ4n) is 3.00. The van der Waals surface area contributed by atoms with Crippen LogP contribution in [-0.4, -0.2) is 43.7 Å². The molecule has 3 rings (SSSR count). The van der Waals surface area contributed by atoms with E-state index >= 15 is 0 Å². The minimum atomic E-state index is -0.138. The smallest absolute Gasteiger partial charge is 0.273 e. The standard InChI is InChI=1S/C22H25N3O4S/c1-5-25(13-15-7-6-8-19(28-3)20(15)29-4)21(26)18-14-30-22(24-18)23-16-9-11-17(27-2)12-10-16/h6-12,14H,5,13H2,1-4H3,(H,23,24). The summed E-state index contributed by atoms with van der Waals surface area (Å²) < 4.78 is 16.0. The number of rotatable bonds is 9. The zero-order valence-corrected chi connectivity index (χ0v) is 18.3. The Morgan fingerprint density at radius 1 is 1.07 bits per heavy atom. The van der Waals surface area contributed by atoms with Crippen LogP contribution in [0.25, 0.3) is 0 Å². The number of carbonyl (C=O) groups is 1. The van der Waals surface area contributed by atoms with Gasteiger partial charge in [0.1, 0.15) is 11.4 Å². The van der Waals surface area contributed by atoms with Gasteiger partial charge in [0.2, 0.25) is 0 Å². The number of para-hydroxylation sites is 1. The highest BCUT2D eigenvalue weighted by Crippen LogP contribution is 2.32. The van der Waals surface area contributed by atoms with E-state index in [-0.39, 0.29) is 5.91 Å². The maximum atomic E-state index is 13.0.